The van der Waals surface area contributed by atoms with Gasteiger partial charge in [-0.15, -0.1) is 12.4 Å². The number of rotatable bonds is 3. The lowest BCUT2D eigenvalue weighted by molar-refractivity contribution is -0.385. The second-order valence-corrected chi connectivity index (χ2v) is 5.32. The van der Waals surface area contributed by atoms with Crippen molar-refractivity contribution in [2.75, 3.05) is 20.2 Å². The summed E-state index contributed by atoms with van der Waals surface area (Å²) in [7, 11) is 1.35. The molecule has 1 aliphatic rings. The number of carbonyl (C=O) groups excluding carboxylic acids is 1. The topological polar surface area (TPSA) is 98.7 Å². The third-order valence-electron chi connectivity index (χ3n) is 3.88. The summed E-state index contributed by atoms with van der Waals surface area (Å²) in [5.41, 5.74) is 6.18. The van der Waals surface area contributed by atoms with Gasteiger partial charge in [0.15, 0.2) is 5.75 Å². The molecule has 8 heteroatoms. The number of nitro benzene ring substituents is 1. The number of nitro groups is 1. The van der Waals surface area contributed by atoms with Crippen LogP contribution in [-0.2, 0) is 0 Å². The van der Waals surface area contributed by atoms with Gasteiger partial charge >= 0.3 is 5.69 Å². The molecule has 1 aromatic carbocycles. The standard InChI is InChI=1S/C14H19N3O4.ClH/c1-9-8-16(6-5-11(9)15)14(18)10-3-4-12(17(19)20)13(7-10)21-2;/h3-4,7,9,11H,5-6,8,15H2,1-2H3;1H. The van der Waals surface area contributed by atoms with Crippen LogP contribution in [0.4, 0.5) is 5.69 Å². The zero-order valence-electron chi connectivity index (χ0n) is 12.5. The van der Waals surface area contributed by atoms with Gasteiger partial charge in [-0.2, -0.15) is 0 Å². The second-order valence-electron chi connectivity index (χ2n) is 5.32. The monoisotopic (exact) mass is 329 g/mol. The van der Waals surface area contributed by atoms with Crippen LogP contribution in [0.1, 0.15) is 23.7 Å². The molecule has 122 valence electrons. The van der Waals surface area contributed by atoms with Crippen molar-refractivity contribution >= 4 is 24.0 Å². The summed E-state index contributed by atoms with van der Waals surface area (Å²) in [6.07, 6.45) is 0.761. The van der Waals surface area contributed by atoms with Gasteiger partial charge in [-0.05, 0) is 18.4 Å². The zero-order valence-corrected chi connectivity index (χ0v) is 13.3. The summed E-state index contributed by atoms with van der Waals surface area (Å²) >= 11 is 0. The maximum absolute atomic E-state index is 12.5. The van der Waals surface area contributed by atoms with E-state index in [1.807, 2.05) is 6.92 Å². The highest BCUT2D eigenvalue weighted by Crippen LogP contribution is 2.28. The van der Waals surface area contributed by atoms with Crippen LogP contribution in [0.25, 0.3) is 0 Å². The molecule has 1 aromatic rings. The minimum absolute atomic E-state index is 0. The Bertz CT molecular complexity index is 567. The number of hydrogen-bond donors (Lipinski definition) is 1. The van der Waals surface area contributed by atoms with Crippen LogP contribution in [0.3, 0.4) is 0 Å². The van der Waals surface area contributed by atoms with Crippen molar-refractivity contribution in [2.24, 2.45) is 11.7 Å². The molecular weight excluding hydrogens is 310 g/mol. The van der Waals surface area contributed by atoms with E-state index >= 15 is 0 Å². The summed E-state index contributed by atoms with van der Waals surface area (Å²) in [5.74, 6) is 0.178. The van der Waals surface area contributed by atoms with E-state index in [0.717, 1.165) is 6.42 Å². The quantitative estimate of drug-likeness (QED) is 0.673. The Morgan fingerprint density at radius 2 is 2.18 bits per heavy atom. The molecule has 0 aromatic heterocycles. The Morgan fingerprint density at radius 1 is 1.50 bits per heavy atom. The Morgan fingerprint density at radius 3 is 2.73 bits per heavy atom. The molecule has 2 N–H and O–H groups in total. The van der Waals surface area contributed by atoms with Gasteiger partial charge in [0.05, 0.1) is 12.0 Å². The lowest BCUT2D eigenvalue weighted by atomic mass is 9.94. The Kier molecular flexibility index (Phi) is 6.13. The summed E-state index contributed by atoms with van der Waals surface area (Å²) in [4.78, 5) is 24.5. The van der Waals surface area contributed by atoms with E-state index in [0.29, 0.717) is 18.7 Å². The number of carbonyl (C=O) groups is 1. The molecule has 2 atom stereocenters. The maximum atomic E-state index is 12.5. The first kappa shape index (κ1) is 18.2. The summed E-state index contributed by atoms with van der Waals surface area (Å²) in [6, 6.07) is 4.29. The van der Waals surface area contributed by atoms with E-state index in [1.165, 1.54) is 25.3 Å². The van der Waals surface area contributed by atoms with Gasteiger partial charge in [-0.3, -0.25) is 14.9 Å². The normalized spacial score (nSPS) is 21.0. The van der Waals surface area contributed by atoms with Crippen LogP contribution >= 0.6 is 12.4 Å². The molecule has 1 aliphatic heterocycles. The summed E-state index contributed by atoms with van der Waals surface area (Å²) in [5, 5.41) is 10.9. The van der Waals surface area contributed by atoms with Gasteiger partial charge < -0.3 is 15.4 Å². The number of nitrogens with two attached hydrogens (primary N) is 1. The number of hydrogen-bond acceptors (Lipinski definition) is 5. The summed E-state index contributed by atoms with van der Waals surface area (Å²) in [6.45, 7) is 3.21. The van der Waals surface area contributed by atoms with Crippen LogP contribution in [0.5, 0.6) is 5.75 Å². The Labute approximate surface area is 135 Å². The number of halogens is 1. The predicted molar refractivity (Wildman–Crippen MR) is 84.6 cm³/mol. The molecule has 1 heterocycles. The smallest absolute Gasteiger partial charge is 0.310 e. The zero-order chi connectivity index (χ0) is 15.6. The van der Waals surface area contributed by atoms with E-state index in [-0.39, 0.29) is 41.7 Å². The Balaban J connectivity index is 0.00000242. The number of ether oxygens (including phenoxy) is 1. The predicted octanol–water partition coefficient (Wildman–Crippen LogP) is 1.83. The van der Waals surface area contributed by atoms with Gasteiger partial charge in [0.2, 0.25) is 0 Å². The van der Waals surface area contributed by atoms with Gasteiger partial charge in [0, 0.05) is 36.8 Å². The van der Waals surface area contributed by atoms with Gasteiger partial charge in [-0.1, -0.05) is 6.92 Å². The fraction of sp³-hybridized carbons (Fsp3) is 0.500. The first-order chi connectivity index (χ1) is 9.93. The van der Waals surface area contributed by atoms with Crippen LogP contribution in [0.2, 0.25) is 0 Å². The van der Waals surface area contributed by atoms with E-state index in [2.05, 4.69) is 0 Å². The number of likely N-dealkylation sites (tertiary alicyclic amines) is 1. The molecule has 1 fully saturated rings. The van der Waals surface area contributed by atoms with Gasteiger partial charge in [0.1, 0.15) is 0 Å². The lowest BCUT2D eigenvalue weighted by Gasteiger charge is -2.35. The number of amides is 1. The number of benzene rings is 1. The molecule has 2 unspecified atom stereocenters. The lowest BCUT2D eigenvalue weighted by Crippen LogP contribution is -2.48. The molecular formula is C14H20ClN3O4. The van der Waals surface area contributed by atoms with Crippen molar-refractivity contribution in [3.63, 3.8) is 0 Å². The fourth-order valence-electron chi connectivity index (χ4n) is 2.49. The first-order valence-corrected chi connectivity index (χ1v) is 6.81. The highest BCUT2D eigenvalue weighted by molar-refractivity contribution is 5.95. The minimum atomic E-state index is -0.533. The Hall–Kier alpha value is -1.86. The van der Waals surface area contributed by atoms with E-state index < -0.39 is 4.92 Å². The fourth-order valence-corrected chi connectivity index (χ4v) is 2.49. The molecule has 2 rings (SSSR count). The van der Waals surface area contributed by atoms with E-state index in [1.54, 1.807) is 4.90 Å². The molecule has 7 nitrogen and oxygen atoms in total. The van der Waals surface area contributed by atoms with E-state index in [9.17, 15) is 14.9 Å². The van der Waals surface area contributed by atoms with Crippen LogP contribution in [0.15, 0.2) is 18.2 Å². The van der Waals surface area contributed by atoms with Crippen molar-refractivity contribution in [3.05, 3.63) is 33.9 Å². The highest BCUT2D eigenvalue weighted by Gasteiger charge is 2.28. The van der Waals surface area contributed by atoms with E-state index in [4.69, 9.17) is 10.5 Å². The summed E-state index contributed by atoms with van der Waals surface area (Å²) < 4.78 is 4.99. The average Bonchev–Trinajstić information content (AvgIpc) is 2.48. The molecule has 0 bridgehead atoms. The minimum Gasteiger partial charge on any atom is -0.490 e. The van der Waals surface area contributed by atoms with Crippen LogP contribution in [-0.4, -0.2) is 42.0 Å². The maximum Gasteiger partial charge on any atom is 0.310 e. The third kappa shape index (κ3) is 3.66. The van der Waals surface area contributed by atoms with Gasteiger partial charge in [-0.25, -0.2) is 0 Å². The highest BCUT2D eigenvalue weighted by atomic mass is 35.5. The third-order valence-corrected chi connectivity index (χ3v) is 3.88. The van der Waals surface area contributed by atoms with Crippen molar-refractivity contribution in [1.29, 1.82) is 0 Å². The number of piperidine rings is 1. The number of methoxy groups -OCH3 is 1. The second kappa shape index (κ2) is 7.42. The van der Waals surface area contributed by atoms with Crippen molar-refractivity contribution in [3.8, 4) is 5.75 Å². The molecule has 1 amide bonds. The molecule has 0 spiro atoms. The SMILES string of the molecule is COc1cc(C(=O)N2CCC(N)C(C)C2)ccc1[N+](=O)[O-].Cl. The van der Waals surface area contributed by atoms with Crippen molar-refractivity contribution < 1.29 is 14.5 Å². The molecule has 1 saturated heterocycles. The van der Waals surface area contributed by atoms with Crippen LogP contribution < -0.4 is 10.5 Å². The molecule has 0 radical (unpaired) electrons. The van der Waals surface area contributed by atoms with Crippen molar-refractivity contribution in [2.45, 2.75) is 19.4 Å². The molecule has 22 heavy (non-hydrogen) atoms. The van der Waals surface area contributed by atoms with Crippen molar-refractivity contribution in [1.82, 2.24) is 4.90 Å². The molecule has 0 saturated carbocycles. The largest absolute Gasteiger partial charge is 0.490 e. The first-order valence-electron chi connectivity index (χ1n) is 6.81. The average molecular weight is 330 g/mol. The van der Waals surface area contributed by atoms with Crippen LogP contribution in [0, 0.1) is 16.0 Å². The number of nitrogens with zero attached hydrogens (tertiary/aromatic N) is 2. The molecule has 0 aliphatic carbocycles. The van der Waals surface area contributed by atoms with Gasteiger partial charge in [0.25, 0.3) is 5.91 Å².